The molecule has 1 atom stereocenters. The summed E-state index contributed by atoms with van der Waals surface area (Å²) in [6, 6.07) is 14.1. The van der Waals surface area contributed by atoms with Crippen molar-refractivity contribution in [1.82, 2.24) is 13.1 Å². The minimum Gasteiger partial charge on any atom is -0.385 e. The number of ether oxygens (including phenoxy) is 1. The molecule has 2 aliphatic heterocycles. The van der Waals surface area contributed by atoms with Gasteiger partial charge in [0.15, 0.2) is 0 Å². The zero-order valence-electron chi connectivity index (χ0n) is 21.3. The summed E-state index contributed by atoms with van der Waals surface area (Å²) in [5.74, 6) is -0.824. The number of carbonyl (C=O) groups is 2. The Morgan fingerprint density at radius 1 is 1.15 bits per heavy atom. The van der Waals surface area contributed by atoms with Crippen molar-refractivity contribution in [1.29, 1.82) is 0 Å². The normalized spacial score (nSPS) is 17.8. The Hall–Kier alpha value is -3.45. The van der Waals surface area contributed by atoms with Crippen molar-refractivity contribution in [2.45, 2.75) is 24.2 Å². The number of hydrogen-bond acceptors (Lipinski definition) is 8. The Labute approximate surface area is 229 Å². The van der Waals surface area contributed by atoms with E-state index < -0.39 is 15.9 Å². The zero-order chi connectivity index (χ0) is 27.1. The second-order valence-corrected chi connectivity index (χ2v) is 12.2. The molecule has 1 aromatic heterocycles. The number of hydrogen-bond donors (Lipinski definition) is 1. The summed E-state index contributed by atoms with van der Waals surface area (Å²) in [7, 11) is -2.22. The van der Waals surface area contributed by atoms with E-state index in [0.717, 1.165) is 28.2 Å². The van der Waals surface area contributed by atoms with Crippen molar-refractivity contribution in [3.05, 3.63) is 54.1 Å². The van der Waals surface area contributed by atoms with Crippen LogP contribution in [0.4, 0.5) is 11.4 Å². The average molecular weight is 566 g/mol. The average Bonchev–Trinajstić information content (AvgIpc) is 3.54. The predicted molar refractivity (Wildman–Crippen MR) is 150 cm³/mol. The lowest BCUT2D eigenvalue weighted by atomic mass is 9.98. The number of nitrogens with one attached hydrogen (secondary N) is 1. The van der Waals surface area contributed by atoms with Gasteiger partial charge in [0.1, 0.15) is 15.9 Å². The fourth-order valence-corrected chi connectivity index (χ4v) is 7.76. The van der Waals surface area contributed by atoms with Crippen LogP contribution < -0.4 is 10.2 Å². The Morgan fingerprint density at radius 2 is 2.00 bits per heavy atom. The molecule has 0 aliphatic carbocycles. The molecule has 3 heterocycles. The first kappa shape index (κ1) is 25.8. The molecular weight excluding hydrogens is 538 g/mol. The van der Waals surface area contributed by atoms with Gasteiger partial charge in [0.2, 0.25) is 15.9 Å². The zero-order valence-corrected chi connectivity index (χ0v) is 22.9. The molecule has 3 aromatic carbocycles. The largest absolute Gasteiger partial charge is 0.385 e. The minimum absolute atomic E-state index is 0.0614. The fraction of sp³-hybridized carbons (Fsp3) is 0.333. The van der Waals surface area contributed by atoms with Gasteiger partial charge in [-0.15, -0.1) is 0 Å². The van der Waals surface area contributed by atoms with Gasteiger partial charge in [-0.2, -0.15) is 13.1 Å². The van der Waals surface area contributed by atoms with Gasteiger partial charge < -0.3 is 15.0 Å². The molecule has 6 rings (SSSR count). The molecule has 10 nitrogen and oxygen atoms in total. The van der Waals surface area contributed by atoms with E-state index >= 15 is 0 Å². The first-order valence-corrected chi connectivity index (χ1v) is 15.0. The number of aromatic nitrogens is 2. The number of fused-ring (bicyclic) bond motifs is 1. The van der Waals surface area contributed by atoms with Crippen LogP contribution in [0.2, 0.25) is 0 Å². The molecule has 1 fully saturated rings. The van der Waals surface area contributed by atoms with Gasteiger partial charge in [0, 0.05) is 55.4 Å². The highest BCUT2D eigenvalue weighted by Crippen LogP contribution is 2.41. The molecule has 1 unspecified atom stereocenters. The van der Waals surface area contributed by atoms with Crippen LogP contribution in [-0.2, 0) is 19.6 Å². The van der Waals surface area contributed by atoms with Crippen LogP contribution in [0.5, 0.6) is 0 Å². The predicted octanol–water partition coefficient (Wildman–Crippen LogP) is 3.88. The van der Waals surface area contributed by atoms with Crippen LogP contribution in [0.3, 0.4) is 0 Å². The minimum atomic E-state index is -3.85. The van der Waals surface area contributed by atoms with E-state index in [1.807, 2.05) is 24.3 Å². The summed E-state index contributed by atoms with van der Waals surface area (Å²) in [5.41, 5.74) is 2.92. The molecular formula is C27H27N5O5S2. The second kappa shape index (κ2) is 10.3. The number of methoxy groups -OCH3 is 1. The van der Waals surface area contributed by atoms with Crippen molar-refractivity contribution in [3.63, 3.8) is 0 Å². The standard InChI is InChI=1S/C27H27N5O5S2/c1-37-15-5-14-32-22-12-11-20(18-7-2-8-19(24(18)22)27(32)34)28-26(33)17-6-4-13-31(16-17)39(35,36)23-10-3-9-21-25(23)30-38-29-21/h2-3,7-12,17H,4-6,13-16H2,1H3,(H,28,33). The van der Waals surface area contributed by atoms with Crippen molar-refractivity contribution in [2.75, 3.05) is 43.6 Å². The van der Waals surface area contributed by atoms with Crippen LogP contribution in [0.15, 0.2) is 53.4 Å². The third kappa shape index (κ3) is 4.46. The molecule has 4 aromatic rings. The quantitative estimate of drug-likeness (QED) is 0.322. The third-order valence-electron chi connectivity index (χ3n) is 7.39. The number of piperidine rings is 1. The smallest absolute Gasteiger partial charge is 0.258 e. The summed E-state index contributed by atoms with van der Waals surface area (Å²) >= 11 is 0.972. The molecule has 1 N–H and O–H groups in total. The van der Waals surface area contributed by atoms with Gasteiger partial charge in [-0.1, -0.05) is 18.2 Å². The number of carbonyl (C=O) groups excluding carboxylic acids is 2. The number of amides is 2. The number of nitrogens with zero attached hydrogens (tertiary/aromatic N) is 4. The summed E-state index contributed by atoms with van der Waals surface area (Å²) in [6.45, 7) is 1.51. The lowest BCUT2D eigenvalue weighted by molar-refractivity contribution is -0.120. The van der Waals surface area contributed by atoms with E-state index in [4.69, 9.17) is 4.74 Å². The van der Waals surface area contributed by atoms with Crippen LogP contribution in [0, 0.1) is 5.92 Å². The molecule has 0 saturated carbocycles. The summed E-state index contributed by atoms with van der Waals surface area (Å²) in [6.07, 6.45) is 1.86. The Balaban J connectivity index is 1.24. The molecule has 0 bridgehead atoms. The van der Waals surface area contributed by atoms with Gasteiger partial charge in [-0.3, -0.25) is 9.59 Å². The molecule has 0 radical (unpaired) electrons. The van der Waals surface area contributed by atoms with E-state index in [2.05, 4.69) is 14.1 Å². The van der Waals surface area contributed by atoms with Gasteiger partial charge in [-0.25, -0.2) is 8.42 Å². The summed E-state index contributed by atoms with van der Waals surface area (Å²) < 4.78 is 41.9. The van der Waals surface area contributed by atoms with E-state index in [0.29, 0.717) is 61.2 Å². The second-order valence-electron chi connectivity index (χ2n) is 9.74. The highest BCUT2D eigenvalue weighted by molar-refractivity contribution is 7.89. The molecule has 2 aliphatic rings. The van der Waals surface area contributed by atoms with E-state index in [-0.39, 0.29) is 23.3 Å². The molecule has 2 amide bonds. The first-order valence-electron chi connectivity index (χ1n) is 12.8. The van der Waals surface area contributed by atoms with Crippen LogP contribution in [0.25, 0.3) is 21.8 Å². The molecule has 12 heteroatoms. The van der Waals surface area contributed by atoms with Crippen molar-refractivity contribution < 1.29 is 22.7 Å². The first-order chi connectivity index (χ1) is 18.9. The van der Waals surface area contributed by atoms with Gasteiger partial charge in [-0.05, 0) is 49.6 Å². The van der Waals surface area contributed by atoms with Gasteiger partial charge >= 0.3 is 0 Å². The SMILES string of the molecule is COCCCN1C(=O)c2cccc3c(NC(=O)C4CCCN(S(=O)(=O)c5cccc6nsnc56)C4)ccc1c23. The molecule has 1 saturated heterocycles. The Kier molecular flexibility index (Phi) is 6.79. The topological polar surface area (TPSA) is 122 Å². The van der Waals surface area contributed by atoms with Gasteiger partial charge in [0.05, 0.1) is 23.3 Å². The van der Waals surface area contributed by atoms with E-state index in [1.54, 1.807) is 30.2 Å². The lowest BCUT2D eigenvalue weighted by Crippen LogP contribution is -2.43. The van der Waals surface area contributed by atoms with Crippen LogP contribution >= 0.6 is 11.7 Å². The maximum Gasteiger partial charge on any atom is 0.258 e. The number of anilines is 2. The van der Waals surface area contributed by atoms with Crippen molar-refractivity contribution >= 4 is 66.7 Å². The van der Waals surface area contributed by atoms with Gasteiger partial charge in [0.25, 0.3) is 5.91 Å². The van der Waals surface area contributed by atoms with E-state index in [1.165, 1.54) is 10.4 Å². The monoisotopic (exact) mass is 565 g/mol. The number of benzene rings is 3. The fourth-order valence-electron chi connectivity index (χ4n) is 5.48. The number of rotatable bonds is 8. The summed E-state index contributed by atoms with van der Waals surface area (Å²) in [5, 5.41) is 4.62. The molecule has 39 heavy (non-hydrogen) atoms. The van der Waals surface area contributed by atoms with Crippen LogP contribution in [-0.4, -0.2) is 66.6 Å². The Morgan fingerprint density at radius 3 is 2.85 bits per heavy atom. The maximum atomic E-state index is 13.5. The lowest BCUT2D eigenvalue weighted by Gasteiger charge is -2.31. The molecule has 0 spiro atoms. The maximum absolute atomic E-state index is 13.5. The number of sulfonamides is 1. The van der Waals surface area contributed by atoms with Crippen molar-refractivity contribution in [3.8, 4) is 0 Å². The van der Waals surface area contributed by atoms with Crippen LogP contribution in [0.1, 0.15) is 29.6 Å². The summed E-state index contributed by atoms with van der Waals surface area (Å²) in [4.78, 5) is 28.4. The highest BCUT2D eigenvalue weighted by Gasteiger charge is 2.35. The Bertz CT molecular complexity index is 1700. The van der Waals surface area contributed by atoms with Crippen molar-refractivity contribution in [2.24, 2.45) is 5.92 Å². The molecule has 202 valence electrons. The van der Waals surface area contributed by atoms with E-state index in [9.17, 15) is 18.0 Å². The third-order valence-corrected chi connectivity index (χ3v) is 9.83. The highest BCUT2D eigenvalue weighted by atomic mass is 32.2.